The highest BCUT2D eigenvalue weighted by Crippen LogP contribution is 2.49. The fraction of sp³-hybridized carbons (Fsp3) is 0.900. The number of rotatable bonds is 7. The summed E-state index contributed by atoms with van der Waals surface area (Å²) >= 11 is 0. The van der Waals surface area contributed by atoms with Gasteiger partial charge >= 0.3 is 5.97 Å². The molecule has 1 heterocycles. The van der Waals surface area contributed by atoms with Gasteiger partial charge in [-0.1, -0.05) is 0 Å². The zero-order valence-corrected chi connectivity index (χ0v) is 17.6. The highest BCUT2D eigenvalue weighted by atomic mass is 16.5. The van der Waals surface area contributed by atoms with Gasteiger partial charge in [-0.05, 0) is 73.8 Å². The van der Waals surface area contributed by atoms with Crippen molar-refractivity contribution in [3.05, 3.63) is 0 Å². The van der Waals surface area contributed by atoms with E-state index in [4.69, 9.17) is 9.47 Å². The van der Waals surface area contributed by atoms with Gasteiger partial charge in [0.1, 0.15) is 5.72 Å². The van der Waals surface area contributed by atoms with E-state index < -0.39 is 5.72 Å². The molecule has 0 aromatic heterocycles. The summed E-state index contributed by atoms with van der Waals surface area (Å²) in [7, 11) is 3.54. The van der Waals surface area contributed by atoms with Crippen LogP contribution in [-0.2, 0) is 19.1 Å². The van der Waals surface area contributed by atoms with Gasteiger partial charge in [-0.25, -0.2) is 0 Å². The highest BCUT2D eigenvalue weighted by molar-refractivity contribution is 5.69. The SMILES string of the molecule is COC(=O)CCN(C=O)C1(OC2(C)CC(C)(C)N(C)C(C)(C)C2)CCC1. The van der Waals surface area contributed by atoms with E-state index in [9.17, 15) is 9.59 Å². The molecule has 2 rings (SSSR count). The molecule has 0 aromatic rings. The summed E-state index contributed by atoms with van der Waals surface area (Å²) in [5, 5.41) is 0. The Morgan fingerprint density at radius 3 is 2.04 bits per heavy atom. The van der Waals surface area contributed by atoms with E-state index in [1.165, 1.54) is 7.11 Å². The zero-order chi connectivity index (χ0) is 19.8. The molecule has 6 heteroatoms. The van der Waals surface area contributed by atoms with Gasteiger partial charge in [-0.2, -0.15) is 0 Å². The van der Waals surface area contributed by atoms with E-state index in [2.05, 4.69) is 46.6 Å². The normalized spacial score (nSPS) is 25.8. The van der Waals surface area contributed by atoms with Gasteiger partial charge in [0.25, 0.3) is 0 Å². The number of piperidine rings is 1. The Morgan fingerprint density at radius 2 is 1.65 bits per heavy atom. The molecule has 1 saturated carbocycles. The van der Waals surface area contributed by atoms with Crippen molar-refractivity contribution < 1.29 is 19.1 Å². The standard InChI is InChI=1S/C20H36N2O4/c1-17(2)13-19(5,14-18(3,4)21(17)6)26-20(10-8-11-20)22(15-23)12-9-16(24)25-7/h15H,8-14H2,1-7H3. The van der Waals surface area contributed by atoms with Crippen LogP contribution < -0.4 is 0 Å². The van der Waals surface area contributed by atoms with Gasteiger partial charge < -0.3 is 14.4 Å². The lowest BCUT2D eigenvalue weighted by Crippen LogP contribution is -2.67. The minimum Gasteiger partial charge on any atom is -0.469 e. The molecule has 1 amide bonds. The first-order chi connectivity index (χ1) is 11.9. The number of methoxy groups -OCH3 is 1. The Kier molecular flexibility index (Phi) is 5.79. The molecular formula is C20H36N2O4. The van der Waals surface area contributed by atoms with Gasteiger partial charge in [0.15, 0.2) is 0 Å². The van der Waals surface area contributed by atoms with Crippen molar-refractivity contribution >= 4 is 12.4 Å². The van der Waals surface area contributed by atoms with Crippen LogP contribution in [0.2, 0.25) is 0 Å². The van der Waals surface area contributed by atoms with Crippen LogP contribution in [0.1, 0.15) is 73.1 Å². The maximum Gasteiger partial charge on any atom is 0.307 e. The molecule has 1 saturated heterocycles. The first-order valence-corrected chi connectivity index (χ1v) is 9.63. The summed E-state index contributed by atoms with van der Waals surface area (Å²) in [5.74, 6) is -0.306. The van der Waals surface area contributed by atoms with E-state index in [0.29, 0.717) is 6.54 Å². The third kappa shape index (κ3) is 4.06. The molecule has 1 aliphatic carbocycles. The van der Waals surface area contributed by atoms with Crippen LogP contribution in [0, 0.1) is 0 Å². The lowest BCUT2D eigenvalue weighted by atomic mass is 9.71. The van der Waals surface area contributed by atoms with Crippen LogP contribution in [0.3, 0.4) is 0 Å². The number of hydrogen-bond acceptors (Lipinski definition) is 5. The molecule has 0 spiro atoms. The molecule has 6 nitrogen and oxygen atoms in total. The van der Waals surface area contributed by atoms with Crippen molar-refractivity contribution in [1.82, 2.24) is 9.80 Å². The van der Waals surface area contributed by atoms with E-state index in [1.54, 1.807) is 4.90 Å². The Bertz CT molecular complexity index is 522. The average Bonchev–Trinajstić information content (AvgIpc) is 2.49. The summed E-state index contributed by atoms with van der Waals surface area (Å²) in [6, 6.07) is 0. The molecule has 0 radical (unpaired) electrons. The number of amides is 1. The van der Waals surface area contributed by atoms with Crippen LogP contribution in [0.15, 0.2) is 0 Å². The highest BCUT2D eigenvalue weighted by Gasteiger charge is 2.54. The van der Waals surface area contributed by atoms with Gasteiger partial charge in [-0.3, -0.25) is 14.5 Å². The quantitative estimate of drug-likeness (QED) is 0.393. The maximum atomic E-state index is 11.8. The second-order valence-corrected chi connectivity index (χ2v) is 9.51. The van der Waals surface area contributed by atoms with E-state index in [0.717, 1.165) is 38.5 Å². The molecule has 150 valence electrons. The third-order valence-electron chi connectivity index (χ3n) is 6.44. The largest absolute Gasteiger partial charge is 0.469 e. The number of esters is 1. The van der Waals surface area contributed by atoms with Gasteiger partial charge in [0.05, 0.1) is 19.1 Å². The van der Waals surface area contributed by atoms with Gasteiger partial charge in [0, 0.05) is 17.6 Å². The molecule has 0 unspecified atom stereocenters. The topological polar surface area (TPSA) is 59.1 Å². The van der Waals surface area contributed by atoms with E-state index in [-0.39, 0.29) is 29.1 Å². The Labute approximate surface area is 158 Å². The fourth-order valence-electron chi connectivity index (χ4n) is 5.07. The van der Waals surface area contributed by atoms with Crippen molar-refractivity contribution in [3.8, 4) is 0 Å². The lowest BCUT2D eigenvalue weighted by Gasteiger charge is -2.61. The number of likely N-dealkylation sites (tertiary alicyclic amines) is 1. The molecule has 1 aliphatic heterocycles. The minimum absolute atomic E-state index is 0.000533. The number of carbonyl (C=O) groups excluding carboxylic acids is 2. The monoisotopic (exact) mass is 368 g/mol. The van der Waals surface area contributed by atoms with Crippen molar-refractivity contribution in [2.45, 2.75) is 95.5 Å². The van der Waals surface area contributed by atoms with Crippen molar-refractivity contribution in [1.29, 1.82) is 0 Å². The molecule has 0 aromatic carbocycles. The number of nitrogens with zero attached hydrogens (tertiary/aromatic N) is 2. The Balaban J connectivity index is 2.19. The summed E-state index contributed by atoms with van der Waals surface area (Å²) in [5.41, 5.74) is -0.919. The van der Waals surface area contributed by atoms with Crippen LogP contribution in [0.4, 0.5) is 0 Å². The fourth-order valence-corrected chi connectivity index (χ4v) is 5.07. The minimum atomic E-state index is -0.591. The van der Waals surface area contributed by atoms with Crippen LogP contribution in [0.5, 0.6) is 0 Å². The predicted molar refractivity (Wildman–Crippen MR) is 101 cm³/mol. The van der Waals surface area contributed by atoms with E-state index >= 15 is 0 Å². The molecule has 2 aliphatic rings. The van der Waals surface area contributed by atoms with Crippen LogP contribution in [0.25, 0.3) is 0 Å². The summed E-state index contributed by atoms with van der Waals surface area (Å²) < 4.78 is 11.5. The Morgan fingerprint density at radius 1 is 1.12 bits per heavy atom. The molecule has 26 heavy (non-hydrogen) atoms. The second-order valence-electron chi connectivity index (χ2n) is 9.51. The summed E-state index contributed by atoms with van der Waals surface area (Å²) in [4.78, 5) is 27.4. The average molecular weight is 369 g/mol. The maximum absolute atomic E-state index is 11.8. The van der Waals surface area contributed by atoms with Crippen molar-refractivity contribution in [2.24, 2.45) is 0 Å². The van der Waals surface area contributed by atoms with E-state index in [1.807, 2.05) is 0 Å². The van der Waals surface area contributed by atoms with Gasteiger partial charge in [-0.15, -0.1) is 0 Å². The smallest absolute Gasteiger partial charge is 0.307 e. The Hall–Kier alpha value is -1.14. The lowest BCUT2D eigenvalue weighted by molar-refractivity contribution is -0.276. The molecule has 0 N–H and O–H groups in total. The van der Waals surface area contributed by atoms with Crippen LogP contribution in [-0.4, -0.2) is 65.3 Å². The molecule has 0 atom stereocenters. The molecule has 0 bridgehead atoms. The third-order valence-corrected chi connectivity index (χ3v) is 6.44. The number of hydrogen-bond donors (Lipinski definition) is 0. The van der Waals surface area contributed by atoms with Crippen molar-refractivity contribution in [2.75, 3.05) is 20.7 Å². The molecule has 2 fully saturated rings. The summed E-state index contributed by atoms with van der Waals surface area (Å²) in [6.45, 7) is 11.5. The molecular weight excluding hydrogens is 332 g/mol. The zero-order valence-electron chi connectivity index (χ0n) is 17.6. The van der Waals surface area contributed by atoms with Crippen molar-refractivity contribution in [3.63, 3.8) is 0 Å². The first-order valence-electron chi connectivity index (χ1n) is 9.63. The second kappa shape index (κ2) is 7.12. The first kappa shape index (κ1) is 21.2. The summed E-state index contributed by atoms with van der Waals surface area (Å²) in [6.07, 6.45) is 5.48. The van der Waals surface area contributed by atoms with Crippen LogP contribution >= 0.6 is 0 Å². The number of carbonyl (C=O) groups is 2. The predicted octanol–water partition coefficient (Wildman–Crippen LogP) is 2.95. The number of ether oxygens (including phenoxy) is 2. The van der Waals surface area contributed by atoms with Gasteiger partial charge in [0.2, 0.25) is 6.41 Å².